The van der Waals surface area contributed by atoms with E-state index in [9.17, 15) is 5.11 Å². The number of hydrogen-bond donors (Lipinski definition) is 2. The number of nitrogens with zero attached hydrogens (tertiary/aromatic N) is 1. The first-order chi connectivity index (χ1) is 6.65. The van der Waals surface area contributed by atoms with Crippen LogP contribution < -0.4 is 5.32 Å². The molecule has 3 atom stereocenters. The van der Waals surface area contributed by atoms with Crippen molar-refractivity contribution in [2.24, 2.45) is 5.92 Å². The molecule has 3 unspecified atom stereocenters. The van der Waals surface area contributed by atoms with E-state index in [1.807, 2.05) is 6.92 Å². The van der Waals surface area contributed by atoms with Crippen LogP contribution in [-0.4, -0.2) is 48.3 Å². The Hall–Kier alpha value is -0.120. The van der Waals surface area contributed by atoms with Gasteiger partial charge in [0.1, 0.15) is 0 Å². The fraction of sp³-hybridized carbons (Fsp3) is 1.00. The smallest absolute Gasteiger partial charge is 0.0553 e. The van der Waals surface area contributed by atoms with E-state index in [0.717, 1.165) is 25.6 Å². The van der Waals surface area contributed by atoms with E-state index in [2.05, 4.69) is 17.3 Å². The molecule has 2 rings (SSSR count). The second kappa shape index (κ2) is 4.17. The fourth-order valence-electron chi connectivity index (χ4n) is 2.42. The highest BCUT2D eigenvalue weighted by Crippen LogP contribution is 2.24. The third kappa shape index (κ3) is 2.69. The monoisotopic (exact) mass is 198 g/mol. The highest BCUT2D eigenvalue weighted by molar-refractivity contribution is 4.90. The Morgan fingerprint density at radius 1 is 1.29 bits per heavy atom. The van der Waals surface area contributed by atoms with E-state index in [1.54, 1.807) is 0 Å². The van der Waals surface area contributed by atoms with E-state index in [1.165, 1.54) is 12.8 Å². The number of likely N-dealkylation sites (N-methyl/N-ethyl adjacent to an activating group) is 1. The third-order valence-electron chi connectivity index (χ3n) is 3.40. The molecule has 0 amide bonds. The highest BCUT2D eigenvalue weighted by Gasteiger charge is 2.31. The second-order valence-corrected chi connectivity index (χ2v) is 5.10. The summed E-state index contributed by atoms with van der Waals surface area (Å²) in [4.78, 5) is 2.33. The van der Waals surface area contributed by atoms with Crippen LogP contribution in [-0.2, 0) is 0 Å². The van der Waals surface area contributed by atoms with Crippen LogP contribution in [0.5, 0.6) is 0 Å². The van der Waals surface area contributed by atoms with Crippen molar-refractivity contribution in [1.29, 1.82) is 0 Å². The zero-order valence-electron chi connectivity index (χ0n) is 9.24. The summed E-state index contributed by atoms with van der Waals surface area (Å²) in [6.45, 7) is 4.10. The predicted molar refractivity (Wildman–Crippen MR) is 57.2 cm³/mol. The molecule has 0 aromatic heterocycles. The summed E-state index contributed by atoms with van der Waals surface area (Å²) in [5, 5.41) is 13.3. The number of hydrogen-bond acceptors (Lipinski definition) is 3. The van der Waals surface area contributed by atoms with Crippen molar-refractivity contribution in [1.82, 2.24) is 10.2 Å². The molecule has 3 nitrogen and oxygen atoms in total. The molecular formula is C11H22N2O. The SMILES string of the molecule is CC(O)C1CC(NC2CC2)CN(C)C1. The maximum Gasteiger partial charge on any atom is 0.0553 e. The number of rotatable bonds is 3. The van der Waals surface area contributed by atoms with Crippen LogP contribution in [0.4, 0.5) is 0 Å². The van der Waals surface area contributed by atoms with Crippen LogP contribution >= 0.6 is 0 Å². The van der Waals surface area contributed by atoms with Gasteiger partial charge in [-0.05, 0) is 39.2 Å². The minimum atomic E-state index is -0.166. The van der Waals surface area contributed by atoms with Gasteiger partial charge < -0.3 is 15.3 Å². The Labute approximate surface area is 86.5 Å². The minimum absolute atomic E-state index is 0.166. The molecule has 1 heterocycles. The molecule has 1 saturated heterocycles. The Morgan fingerprint density at radius 3 is 2.57 bits per heavy atom. The van der Waals surface area contributed by atoms with Gasteiger partial charge in [0.2, 0.25) is 0 Å². The second-order valence-electron chi connectivity index (χ2n) is 5.10. The lowest BCUT2D eigenvalue weighted by Gasteiger charge is -2.37. The average Bonchev–Trinajstić information content (AvgIpc) is 2.87. The number of likely N-dealkylation sites (tertiary alicyclic amines) is 1. The largest absolute Gasteiger partial charge is 0.393 e. The van der Waals surface area contributed by atoms with E-state index < -0.39 is 0 Å². The van der Waals surface area contributed by atoms with Gasteiger partial charge in [-0.1, -0.05) is 0 Å². The Bertz CT molecular complexity index is 190. The molecule has 0 aromatic rings. The zero-order chi connectivity index (χ0) is 10.1. The molecule has 0 spiro atoms. The average molecular weight is 198 g/mol. The summed E-state index contributed by atoms with van der Waals surface area (Å²) in [6.07, 6.45) is 3.67. The van der Waals surface area contributed by atoms with Gasteiger partial charge in [0, 0.05) is 25.2 Å². The first-order valence-corrected chi connectivity index (χ1v) is 5.78. The molecule has 1 aliphatic heterocycles. The lowest BCUT2D eigenvalue weighted by Crippen LogP contribution is -2.50. The van der Waals surface area contributed by atoms with E-state index in [4.69, 9.17) is 0 Å². The lowest BCUT2D eigenvalue weighted by molar-refractivity contribution is 0.0581. The molecule has 1 saturated carbocycles. The van der Waals surface area contributed by atoms with Gasteiger partial charge in [0.15, 0.2) is 0 Å². The van der Waals surface area contributed by atoms with Crippen LogP contribution in [0.1, 0.15) is 26.2 Å². The summed E-state index contributed by atoms with van der Waals surface area (Å²) in [5.74, 6) is 0.449. The maximum absolute atomic E-state index is 9.61. The fourth-order valence-corrected chi connectivity index (χ4v) is 2.42. The zero-order valence-corrected chi connectivity index (χ0v) is 9.24. The van der Waals surface area contributed by atoms with Gasteiger partial charge in [-0.15, -0.1) is 0 Å². The van der Waals surface area contributed by atoms with Gasteiger partial charge in [0.25, 0.3) is 0 Å². The van der Waals surface area contributed by atoms with E-state index in [-0.39, 0.29) is 6.10 Å². The molecule has 0 aromatic carbocycles. The standard InChI is InChI=1S/C11H22N2O/c1-8(14)9-5-11(7-13(2)6-9)12-10-3-4-10/h8-12,14H,3-7H2,1-2H3. The molecular weight excluding hydrogens is 176 g/mol. The topological polar surface area (TPSA) is 35.5 Å². The number of aliphatic hydroxyl groups excluding tert-OH is 1. The molecule has 0 bridgehead atoms. The first kappa shape index (κ1) is 10.4. The number of piperidine rings is 1. The summed E-state index contributed by atoms with van der Waals surface area (Å²) < 4.78 is 0. The first-order valence-electron chi connectivity index (χ1n) is 5.78. The van der Waals surface area contributed by atoms with Gasteiger partial charge in [-0.2, -0.15) is 0 Å². The summed E-state index contributed by atoms with van der Waals surface area (Å²) >= 11 is 0. The summed E-state index contributed by atoms with van der Waals surface area (Å²) in [7, 11) is 2.15. The number of aliphatic hydroxyl groups is 1. The van der Waals surface area contributed by atoms with Crippen molar-refractivity contribution < 1.29 is 5.11 Å². The summed E-state index contributed by atoms with van der Waals surface area (Å²) in [5.41, 5.74) is 0. The van der Waals surface area contributed by atoms with Gasteiger partial charge >= 0.3 is 0 Å². The predicted octanol–water partition coefficient (Wildman–Crippen LogP) is 0.439. The maximum atomic E-state index is 9.61. The van der Waals surface area contributed by atoms with Crippen molar-refractivity contribution in [3.8, 4) is 0 Å². The van der Waals surface area contributed by atoms with Gasteiger partial charge in [-0.25, -0.2) is 0 Å². The molecule has 14 heavy (non-hydrogen) atoms. The van der Waals surface area contributed by atoms with Crippen molar-refractivity contribution in [3.63, 3.8) is 0 Å². The molecule has 2 N–H and O–H groups in total. The van der Waals surface area contributed by atoms with Crippen LogP contribution in [0.3, 0.4) is 0 Å². The van der Waals surface area contributed by atoms with Crippen LogP contribution in [0, 0.1) is 5.92 Å². The normalized spacial score (nSPS) is 37.1. The molecule has 2 fully saturated rings. The van der Waals surface area contributed by atoms with Crippen molar-refractivity contribution in [2.75, 3.05) is 20.1 Å². The van der Waals surface area contributed by atoms with Crippen molar-refractivity contribution in [2.45, 2.75) is 44.4 Å². The van der Waals surface area contributed by atoms with Crippen molar-refractivity contribution in [3.05, 3.63) is 0 Å². The summed E-state index contributed by atoms with van der Waals surface area (Å²) in [6, 6.07) is 1.38. The molecule has 82 valence electrons. The Kier molecular flexibility index (Phi) is 3.10. The van der Waals surface area contributed by atoms with Gasteiger partial charge in [0.05, 0.1) is 6.10 Å². The van der Waals surface area contributed by atoms with Gasteiger partial charge in [-0.3, -0.25) is 0 Å². The molecule has 3 heteroatoms. The van der Waals surface area contributed by atoms with Crippen molar-refractivity contribution >= 4 is 0 Å². The lowest BCUT2D eigenvalue weighted by atomic mass is 9.90. The third-order valence-corrected chi connectivity index (χ3v) is 3.40. The van der Waals surface area contributed by atoms with Crippen LogP contribution in [0.15, 0.2) is 0 Å². The van der Waals surface area contributed by atoms with Crippen LogP contribution in [0.2, 0.25) is 0 Å². The Balaban J connectivity index is 1.84. The minimum Gasteiger partial charge on any atom is -0.393 e. The van der Waals surface area contributed by atoms with E-state index in [0.29, 0.717) is 12.0 Å². The number of nitrogens with one attached hydrogen (secondary N) is 1. The molecule has 2 aliphatic rings. The highest BCUT2D eigenvalue weighted by atomic mass is 16.3. The Morgan fingerprint density at radius 2 is 2.00 bits per heavy atom. The van der Waals surface area contributed by atoms with Crippen LogP contribution in [0.25, 0.3) is 0 Å². The molecule has 0 radical (unpaired) electrons. The molecule has 1 aliphatic carbocycles. The van der Waals surface area contributed by atoms with E-state index >= 15 is 0 Å². The quantitative estimate of drug-likeness (QED) is 0.691.